The molecular formula is C16H20N2O3. The molecule has 2 aromatic rings. The fraction of sp³-hybridized carbons (Fsp3) is 0.500. The lowest BCUT2D eigenvalue weighted by atomic mass is 9.79. The van der Waals surface area contributed by atoms with Crippen molar-refractivity contribution in [1.82, 2.24) is 4.98 Å². The minimum Gasteiger partial charge on any atom is -0.478 e. The summed E-state index contributed by atoms with van der Waals surface area (Å²) >= 11 is 0. The van der Waals surface area contributed by atoms with E-state index in [0.29, 0.717) is 29.1 Å². The fourth-order valence-electron chi connectivity index (χ4n) is 2.97. The Morgan fingerprint density at radius 3 is 2.86 bits per heavy atom. The Balaban J connectivity index is 1.77. The highest BCUT2D eigenvalue weighted by molar-refractivity contribution is 5.92. The van der Waals surface area contributed by atoms with Crippen molar-refractivity contribution in [3.8, 4) is 0 Å². The number of rotatable bonds is 3. The number of anilines is 1. The third kappa shape index (κ3) is 2.86. The largest absolute Gasteiger partial charge is 0.478 e. The van der Waals surface area contributed by atoms with E-state index in [2.05, 4.69) is 24.1 Å². The summed E-state index contributed by atoms with van der Waals surface area (Å²) in [7, 11) is 0. The van der Waals surface area contributed by atoms with E-state index in [1.807, 2.05) is 0 Å². The second-order valence-corrected chi connectivity index (χ2v) is 6.12. The molecule has 1 fully saturated rings. The summed E-state index contributed by atoms with van der Waals surface area (Å²) in [5.41, 5.74) is 1.40. The van der Waals surface area contributed by atoms with Crippen LogP contribution in [0.2, 0.25) is 0 Å². The van der Waals surface area contributed by atoms with Gasteiger partial charge in [0.1, 0.15) is 5.52 Å². The number of hydrogen-bond donors (Lipinski definition) is 2. The molecule has 1 aromatic carbocycles. The number of hydrogen-bond acceptors (Lipinski definition) is 4. The zero-order chi connectivity index (χ0) is 15.0. The number of nitrogens with zero attached hydrogens (tertiary/aromatic N) is 1. The van der Waals surface area contributed by atoms with Crippen LogP contribution in [0.3, 0.4) is 0 Å². The van der Waals surface area contributed by atoms with E-state index in [1.54, 1.807) is 12.1 Å². The maximum absolute atomic E-state index is 11.0. The average Bonchev–Trinajstić information content (AvgIpc) is 2.84. The molecule has 1 aliphatic carbocycles. The minimum atomic E-state index is -0.960. The Bertz CT molecular complexity index is 665. The average molecular weight is 288 g/mol. The normalized spacial score (nSPS) is 25.9. The molecule has 112 valence electrons. The summed E-state index contributed by atoms with van der Waals surface area (Å²) in [6.45, 7) is 4.58. The first-order chi connectivity index (χ1) is 10.0. The monoisotopic (exact) mass is 288 g/mol. The summed E-state index contributed by atoms with van der Waals surface area (Å²) in [5.74, 6) is 0.502. The fourth-order valence-corrected chi connectivity index (χ4v) is 2.97. The molecule has 1 heterocycles. The molecule has 0 radical (unpaired) electrons. The van der Waals surface area contributed by atoms with Crippen LogP contribution in [0.4, 0.5) is 6.01 Å². The van der Waals surface area contributed by atoms with Crippen LogP contribution in [-0.2, 0) is 0 Å². The number of fused-ring (bicyclic) bond motifs is 1. The molecule has 0 bridgehead atoms. The van der Waals surface area contributed by atoms with E-state index in [4.69, 9.17) is 9.52 Å². The summed E-state index contributed by atoms with van der Waals surface area (Å²) in [6, 6.07) is 5.60. The number of nitrogens with one attached hydrogen (secondary N) is 1. The highest BCUT2D eigenvalue weighted by Crippen LogP contribution is 2.31. The predicted octanol–water partition coefficient (Wildman–Crippen LogP) is 3.76. The van der Waals surface area contributed by atoms with Crippen LogP contribution in [-0.4, -0.2) is 22.1 Å². The van der Waals surface area contributed by atoms with Crippen LogP contribution < -0.4 is 5.32 Å². The Morgan fingerprint density at radius 1 is 1.33 bits per heavy atom. The topological polar surface area (TPSA) is 75.4 Å². The third-order valence-electron chi connectivity index (χ3n) is 4.56. The van der Waals surface area contributed by atoms with Crippen molar-refractivity contribution in [1.29, 1.82) is 0 Å². The molecule has 1 aliphatic rings. The molecule has 21 heavy (non-hydrogen) atoms. The summed E-state index contributed by atoms with van der Waals surface area (Å²) in [6.07, 6.45) is 3.44. The van der Waals surface area contributed by atoms with Crippen molar-refractivity contribution >= 4 is 23.1 Å². The predicted molar refractivity (Wildman–Crippen MR) is 80.6 cm³/mol. The lowest BCUT2D eigenvalue weighted by Gasteiger charge is -2.32. The zero-order valence-corrected chi connectivity index (χ0v) is 12.3. The third-order valence-corrected chi connectivity index (χ3v) is 4.56. The van der Waals surface area contributed by atoms with Crippen LogP contribution in [0, 0.1) is 11.8 Å². The van der Waals surface area contributed by atoms with Crippen molar-refractivity contribution in [3.05, 3.63) is 23.8 Å². The highest BCUT2D eigenvalue weighted by Gasteiger charge is 2.25. The van der Waals surface area contributed by atoms with E-state index in [1.165, 1.54) is 12.5 Å². The SMILES string of the molecule is CC1CCC(Nc2nc3ccc(C(=O)O)cc3o2)CC1C. The molecule has 1 aromatic heterocycles. The zero-order valence-electron chi connectivity index (χ0n) is 12.3. The Morgan fingerprint density at radius 2 is 2.14 bits per heavy atom. The quantitative estimate of drug-likeness (QED) is 0.899. The number of aromatic carboxylic acids is 1. The second kappa shape index (κ2) is 5.39. The molecule has 0 aliphatic heterocycles. The first kappa shape index (κ1) is 13.9. The van der Waals surface area contributed by atoms with Gasteiger partial charge in [-0.15, -0.1) is 0 Å². The van der Waals surface area contributed by atoms with Crippen molar-refractivity contribution in [2.45, 2.75) is 39.2 Å². The van der Waals surface area contributed by atoms with Gasteiger partial charge < -0.3 is 14.8 Å². The van der Waals surface area contributed by atoms with Crippen molar-refractivity contribution in [2.24, 2.45) is 11.8 Å². The lowest BCUT2D eigenvalue weighted by molar-refractivity contribution is 0.0697. The van der Waals surface area contributed by atoms with E-state index >= 15 is 0 Å². The van der Waals surface area contributed by atoms with Crippen molar-refractivity contribution in [3.63, 3.8) is 0 Å². The molecule has 5 nitrogen and oxygen atoms in total. The molecule has 5 heteroatoms. The molecule has 0 amide bonds. The van der Waals surface area contributed by atoms with Crippen LogP contribution >= 0.6 is 0 Å². The standard InChI is InChI=1S/C16H20N2O3/c1-9-3-5-12(7-10(9)2)17-16-18-13-6-4-11(15(19)20)8-14(13)21-16/h4,6,8-10,12H,3,5,7H2,1-2H3,(H,17,18)(H,19,20). The smallest absolute Gasteiger partial charge is 0.335 e. The first-order valence-corrected chi connectivity index (χ1v) is 7.43. The van der Waals surface area contributed by atoms with Crippen molar-refractivity contribution < 1.29 is 14.3 Å². The van der Waals surface area contributed by atoms with Gasteiger partial charge in [0.05, 0.1) is 5.56 Å². The van der Waals surface area contributed by atoms with Crippen molar-refractivity contribution in [2.75, 3.05) is 5.32 Å². The molecule has 3 rings (SSSR count). The van der Waals surface area contributed by atoms with Gasteiger partial charge in [-0.3, -0.25) is 0 Å². The van der Waals surface area contributed by atoms with Crippen LogP contribution in [0.1, 0.15) is 43.5 Å². The molecule has 0 saturated heterocycles. The molecule has 1 saturated carbocycles. The molecule has 3 unspecified atom stereocenters. The Hall–Kier alpha value is -2.04. The minimum absolute atomic E-state index is 0.213. The maximum Gasteiger partial charge on any atom is 0.335 e. The van der Waals surface area contributed by atoms with Crippen LogP contribution in [0.5, 0.6) is 0 Å². The van der Waals surface area contributed by atoms with Crippen LogP contribution in [0.15, 0.2) is 22.6 Å². The first-order valence-electron chi connectivity index (χ1n) is 7.43. The van der Waals surface area contributed by atoms with Gasteiger partial charge in [-0.2, -0.15) is 4.98 Å². The number of carbonyl (C=O) groups is 1. The van der Waals surface area contributed by atoms with Gasteiger partial charge in [-0.05, 0) is 49.3 Å². The number of carboxylic acid groups (broad SMARTS) is 1. The number of benzene rings is 1. The summed E-state index contributed by atoms with van der Waals surface area (Å²) in [4.78, 5) is 15.3. The van der Waals surface area contributed by atoms with Gasteiger partial charge in [0.2, 0.25) is 0 Å². The number of carboxylic acids is 1. The van der Waals surface area contributed by atoms with Gasteiger partial charge in [0.15, 0.2) is 5.58 Å². The summed E-state index contributed by atoms with van der Waals surface area (Å²) < 4.78 is 5.64. The van der Waals surface area contributed by atoms with Gasteiger partial charge in [-0.1, -0.05) is 13.8 Å². The highest BCUT2D eigenvalue weighted by atomic mass is 16.4. The summed E-state index contributed by atoms with van der Waals surface area (Å²) in [5, 5.41) is 12.3. The van der Waals surface area contributed by atoms with Gasteiger partial charge >= 0.3 is 5.97 Å². The molecule has 2 N–H and O–H groups in total. The van der Waals surface area contributed by atoms with Crippen LogP contribution in [0.25, 0.3) is 11.1 Å². The Labute approximate surface area is 123 Å². The Kier molecular flexibility index (Phi) is 3.57. The lowest BCUT2D eigenvalue weighted by Crippen LogP contribution is -2.30. The van der Waals surface area contributed by atoms with E-state index in [-0.39, 0.29) is 5.56 Å². The molecule has 0 spiro atoms. The number of aromatic nitrogens is 1. The second-order valence-electron chi connectivity index (χ2n) is 6.12. The van der Waals surface area contributed by atoms with Gasteiger partial charge in [0.25, 0.3) is 6.01 Å². The van der Waals surface area contributed by atoms with E-state index < -0.39 is 5.97 Å². The molecular weight excluding hydrogens is 268 g/mol. The van der Waals surface area contributed by atoms with E-state index in [9.17, 15) is 4.79 Å². The van der Waals surface area contributed by atoms with E-state index in [0.717, 1.165) is 18.8 Å². The van der Waals surface area contributed by atoms with Gasteiger partial charge in [0, 0.05) is 6.04 Å². The molecule has 3 atom stereocenters. The van der Waals surface area contributed by atoms with Gasteiger partial charge in [-0.25, -0.2) is 4.79 Å². The maximum atomic E-state index is 11.0. The number of oxazole rings is 1.